The van der Waals surface area contributed by atoms with Gasteiger partial charge in [-0.25, -0.2) is 0 Å². The summed E-state index contributed by atoms with van der Waals surface area (Å²) in [7, 11) is 4.00. The molecule has 0 fully saturated rings. The second-order valence-corrected chi connectivity index (χ2v) is 0.577. The van der Waals surface area contributed by atoms with Crippen LogP contribution in [0.25, 0.3) is 0 Å². The third-order valence-electron chi connectivity index (χ3n) is 0.167. The van der Waals surface area contributed by atoms with Crippen molar-refractivity contribution in [3.05, 3.63) is 0 Å². The van der Waals surface area contributed by atoms with E-state index in [2.05, 4.69) is 13.6 Å². The molecule has 0 saturated heterocycles. The minimum atomic E-state index is 0.597. The first-order valence-corrected chi connectivity index (χ1v) is 1.65. The zero-order valence-electron chi connectivity index (χ0n) is 3.72. The highest BCUT2D eigenvalue weighted by Crippen LogP contribution is 1.24. The summed E-state index contributed by atoms with van der Waals surface area (Å²) < 4.78 is 0. The molecule has 0 aromatic heterocycles. The van der Waals surface area contributed by atoms with Crippen LogP contribution in [0.2, 0.25) is 0 Å². The van der Waals surface area contributed by atoms with Gasteiger partial charge in [-0.3, -0.25) is 0 Å². The highest BCUT2D eigenvalue weighted by Gasteiger charge is 1.54. The fourth-order valence-corrected chi connectivity index (χ4v) is 0. The third kappa shape index (κ3) is 38.3. The molecule has 0 rings (SSSR count). The molecule has 0 bridgehead atoms. The predicted octanol–water partition coefficient (Wildman–Crippen LogP) is -2.07. The normalized spacial score (nSPS) is 5.83. The van der Waals surface area contributed by atoms with Crippen molar-refractivity contribution < 1.29 is 0 Å². The van der Waals surface area contributed by atoms with E-state index in [-0.39, 0.29) is 0 Å². The highest BCUT2D eigenvalue weighted by atomic mass is 14.6. The lowest BCUT2D eigenvalue weighted by molar-refractivity contribution is 0.976. The summed E-state index contributed by atoms with van der Waals surface area (Å²) in [5.74, 6) is 0. The van der Waals surface area contributed by atoms with Crippen molar-refractivity contribution in [2.75, 3.05) is 13.1 Å². The van der Waals surface area contributed by atoms with Gasteiger partial charge in [-0.05, 0) is 0 Å². The largest absolute Gasteiger partial charge is 0.380 e. The first-order valence-electron chi connectivity index (χ1n) is 1.65. The third-order valence-corrected chi connectivity index (χ3v) is 0.167. The number of rotatable bonds is 1. The van der Waals surface area contributed by atoms with Gasteiger partial charge in [0.1, 0.15) is 0 Å². The molecule has 2 radical (unpaired) electrons. The van der Waals surface area contributed by atoms with Crippen LogP contribution in [0.4, 0.5) is 0 Å². The van der Waals surface area contributed by atoms with E-state index >= 15 is 0 Å². The van der Waals surface area contributed by atoms with Gasteiger partial charge >= 0.3 is 0 Å². The fourth-order valence-electron chi connectivity index (χ4n) is 0. The number of hydrogen-bond acceptors (Lipinski definition) is 3. The maximum absolute atomic E-state index is 4.90. The molecule has 3 nitrogen and oxygen atoms in total. The molecule has 0 atom stereocenters. The maximum atomic E-state index is 4.90. The Morgan fingerprint density at radius 2 is 1.17 bits per heavy atom. The van der Waals surface area contributed by atoms with Crippen LogP contribution in [0.3, 0.4) is 0 Å². The molecule has 0 aromatic rings. The summed E-state index contributed by atoms with van der Waals surface area (Å²) in [4.78, 5) is 0. The zero-order chi connectivity index (χ0) is 5.41. The van der Waals surface area contributed by atoms with Gasteiger partial charge in [-0.15, -0.1) is 0 Å². The standard InChI is InChI=1S/C2H8N2.BH2N/c3-1-2-4;1-2/h1-4H2;2H2. The molecule has 6 N–H and O–H groups in total. The molecular formula is C2H10BN3. The van der Waals surface area contributed by atoms with Crippen LogP contribution in [0.5, 0.6) is 0 Å². The molecule has 0 saturated carbocycles. The Hall–Kier alpha value is -0.0551. The van der Waals surface area contributed by atoms with Crippen molar-refractivity contribution in [1.82, 2.24) is 0 Å². The Balaban J connectivity index is 0. The molecule has 0 aliphatic heterocycles. The highest BCUT2D eigenvalue weighted by molar-refractivity contribution is 6.02. The van der Waals surface area contributed by atoms with Gasteiger partial charge in [0.2, 0.25) is 0 Å². The van der Waals surface area contributed by atoms with E-state index in [1.807, 2.05) is 0 Å². The lowest BCUT2D eigenvalue weighted by Gasteiger charge is -1.72. The summed E-state index contributed by atoms with van der Waals surface area (Å²) in [5, 5.41) is 0. The summed E-state index contributed by atoms with van der Waals surface area (Å²) in [6.07, 6.45) is 0. The number of hydrogen-bond donors (Lipinski definition) is 3. The summed E-state index contributed by atoms with van der Waals surface area (Å²) >= 11 is 0. The van der Waals surface area contributed by atoms with E-state index in [9.17, 15) is 0 Å². The van der Waals surface area contributed by atoms with Crippen LogP contribution in [-0.4, -0.2) is 21.1 Å². The smallest absolute Gasteiger partial charge is 0.174 e. The van der Waals surface area contributed by atoms with Crippen molar-refractivity contribution in [2.24, 2.45) is 17.1 Å². The fraction of sp³-hybridized carbons (Fsp3) is 1.00. The SMILES string of the molecule is NCCN.[B]N. The minimum Gasteiger partial charge on any atom is -0.380 e. The second-order valence-electron chi connectivity index (χ2n) is 0.577. The molecule has 0 amide bonds. The second kappa shape index (κ2) is 20.3. The van der Waals surface area contributed by atoms with Gasteiger partial charge in [0.25, 0.3) is 0 Å². The van der Waals surface area contributed by atoms with Crippen LogP contribution < -0.4 is 17.1 Å². The summed E-state index contributed by atoms with van der Waals surface area (Å²) in [5.41, 5.74) is 13.8. The molecule has 6 heavy (non-hydrogen) atoms. The Labute approximate surface area is 39.3 Å². The molecule has 0 spiro atoms. The Morgan fingerprint density at radius 1 is 1.00 bits per heavy atom. The monoisotopic (exact) mass is 87.1 g/mol. The van der Waals surface area contributed by atoms with Gasteiger partial charge in [-0.2, -0.15) is 0 Å². The van der Waals surface area contributed by atoms with Gasteiger partial charge in [0.05, 0.1) is 0 Å². The number of nitrogens with two attached hydrogens (primary N) is 3. The first kappa shape index (κ1) is 9.34. The van der Waals surface area contributed by atoms with E-state index < -0.39 is 0 Å². The van der Waals surface area contributed by atoms with Gasteiger partial charge in [0.15, 0.2) is 7.98 Å². The Morgan fingerprint density at radius 3 is 1.17 bits per heavy atom. The topological polar surface area (TPSA) is 78.1 Å². The van der Waals surface area contributed by atoms with Crippen LogP contribution in [0.15, 0.2) is 0 Å². The van der Waals surface area contributed by atoms with E-state index in [1.165, 1.54) is 0 Å². The molecule has 0 aliphatic carbocycles. The lowest BCUT2D eigenvalue weighted by Crippen LogP contribution is -2.11. The molecule has 0 heterocycles. The summed E-state index contributed by atoms with van der Waals surface area (Å²) in [6.45, 7) is 1.19. The minimum absolute atomic E-state index is 0.597. The maximum Gasteiger partial charge on any atom is 0.174 e. The predicted molar refractivity (Wildman–Crippen MR) is 28.1 cm³/mol. The van der Waals surface area contributed by atoms with E-state index in [4.69, 9.17) is 11.5 Å². The lowest BCUT2D eigenvalue weighted by atomic mass is 10.5. The van der Waals surface area contributed by atoms with Crippen molar-refractivity contribution >= 4 is 7.98 Å². The van der Waals surface area contributed by atoms with Crippen LogP contribution in [0, 0.1) is 0 Å². The van der Waals surface area contributed by atoms with E-state index in [0.29, 0.717) is 13.1 Å². The van der Waals surface area contributed by atoms with Gasteiger partial charge in [0, 0.05) is 13.1 Å². The van der Waals surface area contributed by atoms with Crippen molar-refractivity contribution in [2.45, 2.75) is 0 Å². The van der Waals surface area contributed by atoms with Crippen LogP contribution in [-0.2, 0) is 0 Å². The molecular weight excluding hydrogens is 76.9 g/mol. The van der Waals surface area contributed by atoms with Crippen molar-refractivity contribution in [3.8, 4) is 0 Å². The quantitative estimate of drug-likeness (QED) is 0.321. The average molecular weight is 86.9 g/mol. The van der Waals surface area contributed by atoms with E-state index in [0.717, 1.165) is 0 Å². The van der Waals surface area contributed by atoms with Crippen molar-refractivity contribution in [3.63, 3.8) is 0 Å². The van der Waals surface area contributed by atoms with Crippen LogP contribution in [0.1, 0.15) is 0 Å². The molecule has 0 unspecified atom stereocenters. The molecule has 0 aliphatic rings. The Kier molecular flexibility index (Phi) is 31.7. The van der Waals surface area contributed by atoms with Gasteiger partial charge in [-0.1, -0.05) is 0 Å². The molecule has 4 heteroatoms. The molecule has 36 valence electrons. The average Bonchev–Trinajstić information content (AvgIpc) is 1.72. The zero-order valence-corrected chi connectivity index (χ0v) is 3.72. The first-order chi connectivity index (χ1) is 2.91. The summed E-state index contributed by atoms with van der Waals surface area (Å²) in [6, 6.07) is 0. The van der Waals surface area contributed by atoms with E-state index in [1.54, 1.807) is 0 Å². The van der Waals surface area contributed by atoms with Crippen LogP contribution >= 0.6 is 0 Å². The molecule has 0 aromatic carbocycles. The Bertz CT molecular complexity index is 10.8. The van der Waals surface area contributed by atoms with Gasteiger partial charge < -0.3 is 17.1 Å². The van der Waals surface area contributed by atoms with Crippen molar-refractivity contribution in [1.29, 1.82) is 0 Å².